The van der Waals surface area contributed by atoms with Gasteiger partial charge in [-0.3, -0.25) is 9.89 Å². The van der Waals surface area contributed by atoms with Crippen molar-refractivity contribution < 1.29 is 9.90 Å². The highest BCUT2D eigenvalue weighted by atomic mass is 16.3. The van der Waals surface area contributed by atoms with E-state index in [1.165, 1.54) is 6.20 Å². The molecule has 0 aliphatic carbocycles. The number of aromatic amines is 1. The molecule has 0 saturated carbocycles. The van der Waals surface area contributed by atoms with Crippen molar-refractivity contribution in [2.75, 3.05) is 11.9 Å². The normalized spacial score (nSPS) is 12.5. The van der Waals surface area contributed by atoms with Gasteiger partial charge in [-0.2, -0.15) is 5.10 Å². The Labute approximate surface area is 75.1 Å². The van der Waals surface area contributed by atoms with Gasteiger partial charge in [-0.25, -0.2) is 0 Å². The number of aromatic nitrogens is 2. The highest BCUT2D eigenvalue weighted by molar-refractivity contribution is 5.96. The van der Waals surface area contributed by atoms with Crippen molar-refractivity contribution >= 4 is 11.6 Å². The van der Waals surface area contributed by atoms with Crippen LogP contribution in [0.15, 0.2) is 6.20 Å². The average molecular weight is 184 g/mol. The van der Waals surface area contributed by atoms with E-state index in [-0.39, 0.29) is 18.3 Å². The number of primary amides is 1. The van der Waals surface area contributed by atoms with Crippen LogP contribution in [0.3, 0.4) is 0 Å². The number of nitrogens with one attached hydrogen (secondary N) is 2. The van der Waals surface area contributed by atoms with E-state index in [1.807, 2.05) is 0 Å². The van der Waals surface area contributed by atoms with Crippen LogP contribution in [0.5, 0.6) is 0 Å². The molecule has 0 spiro atoms. The number of aliphatic hydroxyl groups is 1. The largest absolute Gasteiger partial charge is 0.394 e. The molecule has 6 heteroatoms. The van der Waals surface area contributed by atoms with E-state index in [0.29, 0.717) is 5.69 Å². The van der Waals surface area contributed by atoms with Crippen LogP contribution in [0.25, 0.3) is 0 Å². The fourth-order valence-electron chi connectivity index (χ4n) is 0.895. The molecule has 5 N–H and O–H groups in total. The first kappa shape index (κ1) is 9.53. The molecule has 1 amide bonds. The van der Waals surface area contributed by atoms with Crippen LogP contribution in [0.1, 0.15) is 17.4 Å². The molecule has 0 aliphatic rings. The lowest BCUT2D eigenvalue weighted by molar-refractivity contribution is 0.0996. The van der Waals surface area contributed by atoms with Crippen LogP contribution >= 0.6 is 0 Å². The van der Waals surface area contributed by atoms with Crippen molar-refractivity contribution in [3.8, 4) is 0 Å². The molecule has 1 atom stereocenters. The van der Waals surface area contributed by atoms with E-state index in [4.69, 9.17) is 10.8 Å². The van der Waals surface area contributed by atoms with Gasteiger partial charge >= 0.3 is 0 Å². The summed E-state index contributed by atoms with van der Waals surface area (Å²) in [5, 5.41) is 17.8. The Morgan fingerprint density at radius 1 is 1.92 bits per heavy atom. The lowest BCUT2D eigenvalue weighted by Crippen LogP contribution is -2.22. The van der Waals surface area contributed by atoms with E-state index in [2.05, 4.69) is 15.5 Å². The molecule has 0 saturated heterocycles. The molecule has 1 unspecified atom stereocenters. The maximum absolute atomic E-state index is 10.8. The van der Waals surface area contributed by atoms with Crippen molar-refractivity contribution in [3.05, 3.63) is 11.9 Å². The molecule has 0 aromatic carbocycles. The summed E-state index contributed by atoms with van der Waals surface area (Å²) in [7, 11) is 0. The summed E-state index contributed by atoms with van der Waals surface area (Å²) in [5.74, 6) is -0.579. The first-order chi connectivity index (χ1) is 6.15. The fourth-order valence-corrected chi connectivity index (χ4v) is 0.895. The number of carbonyl (C=O) groups excluding carboxylic acids is 1. The standard InChI is InChI=1S/C7H12N4O2/c1-4(3-12)10-5-2-9-11-6(5)7(8)13/h2,4,10,12H,3H2,1H3,(H2,8,13)(H,9,11). The number of hydrogen-bond acceptors (Lipinski definition) is 4. The third-order valence-electron chi connectivity index (χ3n) is 1.56. The summed E-state index contributed by atoms with van der Waals surface area (Å²) in [5.41, 5.74) is 5.79. The van der Waals surface area contributed by atoms with Crippen molar-refractivity contribution in [2.45, 2.75) is 13.0 Å². The van der Waals surface area contributed by atoms with Crippen molar-refractivity contribution in [3.63, 3.8) is 0 Å². The number of nitrogens with zero attached hydrogens (tertiary/aromatic N) is 1. The zero-order valence-corrected chi connectivity index (χ0v) is 7.24. The number of anilines is 1. The first-order valence-corrected chi connectivity index (χ1v) is 3.85. The van der Waals surface area contributed by atoms with Crippen molar-refractivity contribution in [2.24, 2.45) is 5.73 Å². The molecule has 1 aromatic heterocycles. The van der Waals surface area contributed by atoms with Gasteiger partial charge in [-0.1, -0.05) is 0 Å². The van der Waals surface area contributed by atoms with E-state index >= 15 is 0 Å². The number of rotatable bonds is 4. The summed E-state index contributed by atoms with van der Waals surface area (Å²) >= 11 is 0. The minimum atomic E-state index is -0.579. The second kappa shape index (κ2) is 3.90. The van der Waals surface area contributed by atoms with Crippen LogP contribution in [0.2, 0.25) is 0 Å². The van der Waals surface area contributed by atoms with Gasteiger partial charge in [0.1, 0.15) is 5.69 Å². The van der Waals surface area contributed by atoms with Crippen molar-refractivity contribution in [1.29, 1.82) is 0 Å². The quantitative estimate of drug-likeness (QED) is 0.496. The predicted octanol–water partition coefficient (Wildman–Crippen LogP) is -0.699. The summed E-state index contributed by atoms with van der Waals surface area (Å²) in [4.78, 5) is 10.8. The molecule has 0 fully saturated rings. The maximum Gasteiger partial charge on any atom is 0.268 e. The van der Waals surface area contributed by atoms with E-state index in [9.17, 15) is 4.79 Å². The van der Waals surface area contributed by atoms with Crippen molar-refractivity contribution in [1.82, 2.24) is 10.2 Å². The Balaban J connectivity index is 2.76. The third kappa shape index (κ3) is 2.19. The van der Waals surface area contributed by atoms with Gasteiger partial charge < -0.3 is 16.2 Å². The zero-order valence-electron chi connectivity index (χ0n) is 7.24. The molecule has 0 radical (unpaired) electrons. The second-order valence-electron chi connectivity index (χ2n) is 2.75. The van der Waals surface area contributed by atoms with Crippen LogP contribution in [0, 0.1) is 0 Å². The third-order valence-corrected chi connectivity index (χ3v) is 1.56. The summed E-state index contributed by atoms with van der Waals surface area (Å²) in [6, 6.07) is -0.143. The van der Waals surface area contributed by atoms with Gasteiger partial charge in [0, 0.05) is 6.04 Å². The van der Waals surface area contributed by atoms with Gasteiger partial charge in [0.05, 0.1) is 18.5 Å². The number of nitrogens with two attached hydrogens (primary N) is 1. The Morgan fingerprint density at radius 3 is 3.15 bits per heavy atom. The monoisotopic (exact) mass is 184 g/mol. The Bertz CT molecular complexity index is 296. The maximum atomic E-state index is 10.8. The number of hydrogen-bond donors (Lipinski definition) is 4. The van der Waals surface area contributed by atoms with Crippen LogP contribution in [-0.2, 0) is 0 Å². The van der Waals surface area contributed by atoms with Gasteiger partial charge in [-0.05, 0) is 6.92 Å². The Hall–Kier alpha value is -1.56. The molecule has 1 heterocycles. The first-order valence-electron chi connectivity index (χ1n) is 3.85. The van der Waals surface area contributed by atoms with E-state index < -0.39 is 5.91 Å². The number of H-pyrrole nitrogens is 1. The fraction of sp³-hybridized carbons (Fsp3) is 0.429. The molecular weight excluding hydrogens is 172 g/mol. The van der Waals surface area contributed by atoms with Gasteiger partial charge in [0.15, 0.2) is 0 Å². The molecular formula is C7H12N4O2. The lowest BCUT2D eigenvalue weighted by Gasteiger charge is -2.10. The highest BCUT2D eigenvalue weighted by Gasteiger charge is 2.11. The van der Waals surface area contributed by atoms with Gasteiger partial charge in [0.25, 0.3) is 5.91 Å². The number of amides is 1. The lowest BCUT2D eigenvalue weighted by atomic mass is 10.3. The molecule has 13 heavy (non-hydrogen) atoms. The van der Waals surface area contributed by atoms with E-state index in [0.717, 1.165) is 0 Å². The predicted molar refractivity (Wildman–Crippen MR) is 47.3 cm³/mol. The minimum absolute atomic E-state index is 0.0244. The average Bonchev–Trinajstić information content (AvgIpc) is 2.52. The molecule has 6 nitrogen and oxygen atoms in total. The molecule has 1 aromatic rings. The topological polar surface area (TPSA) is 104 Å². The van der Waals surface area contributed by atoms with Gasteiger partial charge in [0.2, 0.25) is 0 Å². The molecule has 0 bridgehead atoms. The Kier molecular flexibility index (Phi) is 2.86. The Morgan fingerprint density at radius 2 is 2.62 bits per heavy atom. The minimum Gasteiger partial charge on any atom is -0.394 e. The number of carbonyl (C=O) groups is 1. The molecule has 1 rings (SSSR count). The highest BCUT2D eigenvalue weighted by Crippen LogP contribution is 2.11. The van der Waals surface area contributed by atoms with Crippen LogP contribution in [-0.4, -0.2) is 33.9 Å². The van der Waals surface area contributed by atoms with Crippen LogP contribution < -0.4 is 11.1 Å². The smallest absolute Gasteiger partial charge is 0.268 e. The van der Waals surface area contributed by atoms with Crippen LogP contribution in [0.4, 0.5) is 5.69 Å². The second-order valence-corrected chi connectivity index (χ2v) is 2.75. The molecule has 0 aliphatic heterocycles. The van der Waals surface area contributed by atoms with Gasteiger partial charge in [-0.15, -0.1) is 0 Å². The number of aliphatic hydroxyl groups excluding tert-OH is 1. The summed E-state index contributed by atoms with van der Waals surface area (Å²) in [6.07, 6.45) is 1.45. The summed E-state index contributed by atoms with van der Waals surface area (Å²) < 4.78 is 0. The van der Waals surface area contributed by atoms with E-state index in [1.54, 1.807) is 6.92 Å². The summed E-state index contributed by atoms with van der Waals surface area (Å²) in [6.45, 7) is 1.75. The zero-order chi connectivity index (χ0) is 9.84. The molecule has 72 valence electrons. The SMILES string of the molecule is CC(CO)Nc1cn[nH]c1C(N)=O.